The molecule has 204 valence electrons. The second kappa shape index (κ2) is 8.34. The third-order valence-corrected chi connectivity index (χ3v) is 10.3. The molecule has 7 rings (SSSR count). The van der Waals surface area contributed by atoms with Gasteiger partial charge in [0.15, 0.2) is 5.82 Å². The Balaban J connectivity index is 1.34. The van der Waals surface area contributed by atoms with Gasteiger partial charge in [0.2, 0.25) is 11.8 Å². The fourth-order valence-corrected chi connectivity index (χ4v) is 7.81. The van der Waals surface area contributed by atoms with Crippen molar-refractivity contribution in [1.82, 2.24) is 29.8 Å². The van der Waals surface area contributed by atoms with Crippen LogP contribution in [-0.2, 0) is 9.59 Å². The van der Waals surface area contributed by atoms with Crippen molar-refractivity contribution in [3.63, 3.8) is 0 Å². The van der Waals surface area contributed by atoms with Gasteiger partial charge in [-0.15, -0.1) is 0 Å². The van der Waals surface area contributed by atoms with Crippen LogP contribution in [0.5, 0.6) is 0 Å². The van der Waals surface area contributed by atoms with Crippen molar-refractivity contribution < 1.29 is 9.59 Å². The molecule has 2 saturated heterocycles. The van der Waals surface area contributed by atoms with E-state index in [9.17, 15) is 9.59 Å². The second-order valence-electron chi connectivity index (χ2n) is 12.3. The first-order valence-corrected chi connectivity index (χ1v) is 14.2. The minimum absolute atomic E-state index is 0.00710. The Morgan fingerprint density at radius 3 is 2.62 bits per heavy atom. The molecule has 1 aromatic carbocycles. The number of aryl methyl sites for hydroxylation is 1. The van der Waals surface area contributed by atoms with Crippen LogP contribution in [0.3, 0.4) is 0 Å². The topological polar surface area (TPSA) is 90.4 Å². The lowest BCUT2D eigenvalue weighted by Gasteiger charge is -2.58. The summed E-state index contributed by atoms with van der Waals surface area (Å²) >= 11 is 7.07. The van der Waals surface area contributed by atoms with E-state index in [-0.39, 0.29) is 28.8 Å². The minimum Gasteiger partial charge on any atom is -0.342 e. The number of piperazine rings is 1. The fraction of sp³-hybridized carbons (Fsp3) is 0.517. The number of halogens is 1. The number of carbonyl (C=O) groups is 2. The quantitative estimate of drug-likeness (QED) is 0.493. The Kier molecular flexibility index (Phi) is 5.28. The molecule has 9 nitrogen and oxygen atoms in total. The average Bonchev–Trinajstić information content (AvgIpc) is 3.43. The number of aromatic amines is 1. The van der Waals surface area contributed by atoms with Crippen LogP contribution in [0, 0.1) is 19.3 Å². The lowest BCUT2D eigenvalue weighted by molar-refractivity contribution is -0.149. The molecule has 2 aromatic heterocycles. The van der Waals surface area contributed by atoms with E-state index in [4.69, 9.17) is 16.7 Å². The monoisotopic (exact) mass is 547 g/mol. The molecule has 3 aromatic rings. The van der Waals surface area contributed by atoms with E-state index in [1.807, 2.05) is 36.0 Å². The lowest BCUT2D eigenvalue weighted by atomic mass is 9.60. The molecule has 0 radical (unpaired) electrons. The van der Waals surface area contributed by atoms with Crippen LogP contribution < -0.4 is 4.90 Å². The van der Waals surface area contributed by atoms with Crippen LogP contribution in [0.1, 0.15) is 49.4 Å². The number of carbonyl (C=O) groups excluding carboxylic acids is 2. The first-order chi connectivity index (χ1) is 18.7. The number of H-pyrrole nitrogens is 1. The van der Waals surface area contributed by atoms with Gasteiger partial charge in [-0.05, 0) is 63.7 Å². The summed E-state index contributed by atoms with van der Waals surface area (Å²) in [7, 11) is 1.91. The molecule has 39 heavy (non-hydrogen) atoms. The second-order valence-corrected chi connectivity index (χ2v) is 12.7. The van der Waals surface area contributed by atoms with Crippen molar-refractivity contribution in [1.29, 1.82) is 0 Å². The molecule has 4 fully saturated rings. The van der Waals surface area contributed by atoms with Crippen molar-refractivity contribution in [2.75, 3.05) is 38.1 Å². The number of fused-ring (bicyclic) bond motifs is 1. The number of amides is 2. The van der Waals surface area contributed by atoms with Gasteiger partial charge in [-0.25, -0.2) is 0 Å². The third-order valence-electron chi connectivity index (χ3n) is 9.83. The Labute approximate surface area is 232 Å². The summed E-state index contributed by atoms with van der Waals surface area (Å²) < 4.78 is 2.17. The molecule has 4 heterocycles. The molecule has 2 saturated carbocycles. The van der Waals surface area contributed by atoms with E-state index in [0.29, 0.717) is 18.1 Å². The first kappa shape index (κ1) is 24.7. The highest BCUT2D eigenvalue weighted by Crippen LogP contribution is 2.56. The van der Waals surface area contributed by atoms with Gasteiger partial charge in [-0.1, -0.05) is 18.2 Å². The maximum atomic E-state index is 13.1. The molecular weight excluding hydrogens is 514 g/mol. The SMILES string of the molecule is C=CC(=O)N1CC2(CC(n3nc(N4CC(=O)N(C)CC45CCC5)c(-c4c(Cl)c(C)cc5[nH]ncc45)c3C)C2)C1. The zero-order valence-electron chi connectivity index (χ0n) is 22.8. The van der Waals surface area contributed by atoms with Crippen molar-refractivity contribution in [2.24, 2.45) is 5.41 Å². The van der Waals surface area contributed by atoms with Gasteiger partial charge in [-0.3, -0.25) is 19.4 Å². The number of benzene rings is 1. The summed E-state index contributed by atoms with van der Waals surface area (Å²) in [4.78, 5) is 31.1. The van der Waals surface area contributed by atoms with Crippen molar-refractivity contribution in [2.45, 2.75) is 57.5 Å². The minimum atomic E-state index is -0.102. The number of hydrogen-bond donors (Lipinski definition) is 1. The number of hydrogen-bond acceptors (Lipinski definition) is 5. The predicted molar refractivity (Wildman–Crippen MR) is 151 cm³/mol. The maximum absolute atomic E-state index is 13.1. The number of nitrogens with zero attached hydrogens (tertiary/aromatic N) is 6. The standard InChI is InChI=1S/C29H34ClN7O2/c1-5-22(38)35-14-28(15-35)10-19(11-28)37-18(3)24(25-20-12-31-32-21(20)9-17(2)26(25)30)27(33-37)36-13-23(39)34(4)16-29(36)7-6-8-29/h5,9,12,19H,1,6-8,10-11,13-16H2,2-4H3,(H,31,32). The molecule has 4 aliphatic rings. The van der Waals surface area contributed by atoms with Crippen LogP contribution >= 0.6 is 11.6 Å². The van der Waals surface area contributed by atoms with Gasteiger partial charge >= 0.3 is 0 Å². The van der Waals surface area contributed by atoms with Crippen LogP contribution in [0.15, 0.2) is 24.9 Å². The summed E-state index contributed by atoms with van der Waals surface area (Å²) in [6.45, 7) is 10.3. The Bertz CT molecular complexity index is 1540. The number of likely N-dealkylation sites (N-methyl/N-ethyl adjacent to an activating group) is 1. The van der Waals surface area contributed by atoms with E-state index >= 15 is 0 Å². The zero-order valence-corrected chi connectivity index (χ0v) is 23.5. The molecule has 0 bridgehead atoms. The van der Waals surface area contributed by atoms with E-state index < -0.39 is 0 Å². The molecule has 2 amide bonds. The number of anilines is 1. The molecule has 10 heteroatoms. The van der Waals surface area contributed by atoms with E-state index in [0.717, 1.165) is 84.3 Å². The fourth-order valence-electron chi connectivity index (χ4n) is 7.56. The smallest absolute Gasteiger partial charge is 0.245 e. The molecule has 1 N–H and O–H groups in total. The number of nitrogens with one attached hydrogen (secondary N) is 1. The highest BCUT2D eigenvalue weighted by Gasteiger charge is 2.55. The summed E-state index contributed by atoms with van der Waals surface area (Å²) in [6.07, 6.45) is 8.42. The van der Waals surface area contributed by atoms with Crippen molar-refractivity contribution in [3.05, 3.63) is 41.2 Å². The van der Waals surface area contributed by atoms with Gasteiger partial charge < -0.3 is 14.7 Å². The Hall–Kier alpha value is -3.33. The third kappa shape index (κ3) is 3.44. The Morgan fingerprint density at radius 1 is 1.21 bits per heavy atom. The summed E-state index contributed by atoms with van der Waals surface area (Å²) in [5.41, 5.74) is 4.95. The lowest BCUT2D eigenvalue weighted by Crippen LogP contribution is -2.67. The number of aromatic nitrogens is 4. The Morgan fingerprint density at radius 2 is 1.95 bits per heavy atom. The van der Waals surface area contributed by atoms with Gasteiger partial charge in [0.25, 0.3) is 0 Å². The van der Waals surface area contributed by atoms with Crippen molar-refractivity contribution >= 4 is 40.1 Å². The molecular formula is C29H34ClN7O2. The average molecular weight is 548 g/mol. The van der Waals surface area contributed by atoms with E-state index in [1.165, 1.54) is 6.08 Å². The van der Waals surface area contributed by atoms with Crippen LogP contribution in [0.4, 0.5) is 5.82 Å². The molecule has 2 aliphatic carbocycles. The summed E-state index contributed by atoms with van der Waals surface area (Å²) in [5.74, 6) is 0.966. The van der Waals surface area contributed by atoms with Crippen LogP contribution in [0.25, 0.3) is 22.0 Å². The van der Waals surface area contributed by atoms with Gasteiger partial charge in [0.1, 0.15) is 0 Å². The number of rotatable bonds is 4. The first-order valence-electron chi connectivity index (χ1n) is 13.8. The largest absolute Gasteiger partial charge is 0.342 e. The van der Waals surface area contributed by atoms with Gasteiger partial charge in [0, 0.05) is 54.3 Å². The van der Waals surface area contributed by atoms with E-state index in [2.05, 4.69) is 33.3 Å². The summed E-state index contributed by atoms with van der Waals surface area (Å²) in [5, 5.41) is 14.4. The van der Waals surface area contributed by atoms with Gasteiger partial charge in [-0.2, -0.15) is 10.2 Å². The zero-order chi connectivity index (χ0) is 27.3. The highest BCUT2D eigenvalue weighted by atomic mass is 35.5. The van der Waals surface area contributed by atoms with Gasteiger partial charge in [0.05, 0.1) is 34.9 Å². The van der Waals surface area contributed by atoms with Crippen molar-refractivity contribution in [3.8, 4) is 11.1 Å². The highest BCUT2D eigenvalue weighted by molar-refractivity contribution is 6.36. The summed E-state index contributed by atoms with van der Waals surface area (Å²) in [6, 6.07) is 2.27. The predicted octanol–water partition coefficient (Wildman–Crippen LogP) is 4.25. The maximum Gasteiger partial charge on any atom is 0.245 e. The van der Waals surface area contributed by atoms with Crippen LogP contribution in [0.2, 0.25) is 5.02 Å². The van der Waals surface area contributed by atoms with Crippen LogP contribution in [-0.4, -0.2) is 80.4 Å². The normalized spacial score (nSPS) is 21.8. The molecule has 2 spiro atoms. The number of likely N-dealkylation sites (tertiary alicyclic amines) is 1. The molecule has 0 unspecified atom stereocenters. The molecule has 2 aliphatic heterocycles. The molecule has 0 atom stereocenters. The van der Waals surface area contributed by atoms with E-state index in [1.54, 1.807) is 0 Å².